The molecule has 1 aliphatic heterocycles. The van der Waals surface area contributed by atoms with Crippen LogP contribution < -0.4 is 0 Å². The van der Waals surface area contributed by atoms with Crippen LogP contribution in [0.3, 0.4) is 0 Å². The number of likely N-dealkylation sites (tertiary alicyclic amines) is 1. The summed E-state index contributed by atoms with van der Waals surface area (Å²) in [6.07, 6.45) is 1.21. The van der Waals surface area contributed by atoms with Gasteiger partial charge in [0.1, 0.15) is 5.25 Å². The van der Waals surface area contributed by atoms with Gasteiger partial charge in [0.15, 0.2) is 0 Å². The number of carbonyl (C=O) groups is 1. The van der Waals surface area contributed by atoms with Crippen LogP contribution in [0.5, 0.6) is 0 Å². The lowest BCUT2D eigenvalue weighted by Gasteiger charge is -2.37. The number of nitrogens with zero attached hydrogens (tertiary/aromatic N) is 1. The molecular formula is C21H25NOS. The highest BCUT2D eigenvalue weighted by Gasteiger charge is 2.31. The molecule has 0 radical (unpaired) electrons. The van der Waals surface area contributed by atoms with Crippen molar-refractivity contribution in [1.82, 2.24) is 4.90 Å². The van der Waals surface area contributed by atoms with Gasteiger partial charge in [0.2, 0.25) is 5.91 Å². The Labute approximate surface area is 149 Å². The van der Waals surface area contributed by atoms with E-state index in [4.69, 9.17) is 0 Å². The lowest BCUT2D eigenvalue weighted by atomic mass is 9.91. The van der Waals surface area contributed by atoms with Crippen LogP contribution in [0.2, 0.25) is 0 Å². The minimum absolute atomic E-state index is 0.175. The Balaban J connectivity index is 1.85. The summed E-state index contributed by atoms with van der Waals surface area (Å²) in [5.41, 5.74) is 1.09. The van der Waals surface area contributed by atoms with Crippen LogP contribution in [0.1, 0.15) is 31.1 Å². The van der Waals surface area contributed by atoms with Crippen LogP contribution in [0, 0.1) is 11.8 Å². The molecule has 1 fully saturated rings. The predicted octanol–water partition coefficient (Wildman–Crippen LogP) is 5.02. The average molecular weight is 340 g/mol. The Hall–Kier alpha value is -1.74. The molecule has 0 aromatic heterocycles. The zero-order chi connectivity index (χ0) is 16.9. The topological polar surface area (TPSA) is 20.3 Å². The van der Waals surface area contributed by atoms with Crippen molar-refractivity contribution in [2.45, 2.75) is 30.4 Å². The molecule has 1 heterocycles. The summed E-state index contributed by atoms with van der Waals surface area (Å²) in [5, 5.41) is -0.175. The highest BCUT2D eigenvalue weighted by molar-refractivity contribution is 8.00. The van der Waals surface area contributed by atoms with Gasteiger partial charge in [-0.05, 0) is 36.0 Å². The van der Waals surface area contributed by atoms with Gasteiger partial charge in [0.25, 0.3) is 0 Å². The molecule has 2 aromatic rings. The van der Waals surface area contributed by atoms with Gasteiger partial charge in [0, 0.05) is 18.0 Å². The number of hydrogen-bond acceptors (Lipinski definition) is 2. The lowest BCUT2D eigenvalue weighted by Crippen LogP contribution is -2.44. The smallest absolute Gasteiger partial charge is 0.240 e. The fraction of sp³-hybridized carbons (Fsp3) is 0.381. The lowest BCUT2D eigenvalue weighted by molar-refractivity contribution is -0.133. The van der Waals surface area contributed by atoms with E-state index in [0.29, 0.717) is 11.8 Å². The van der Waals surface area contributed by atoms with Crippen molar-refractivity contribution in [2.75, 3.05) is 13.1 Å². The SMILES string of the molecule is C[C@@H]1C[C@H](C)CN(C(=O)[C@@H](Sc2ccccc2)c2ccccc2)C1. The molecule has 0 bridgehead atoms. The molecule has 2 aromatic carbocycles. The summed E-state index contributed by atoms with van der Waals surface area (Å²) < 4.78 is 0. The Morgan fingerprint density at radius 3 is 2.08 bits per heavy atom. The fourth-order valence-electron chi connectivity index (χ4n) is 3.53. The van der Waals surface area contributed by atoms with E-state index in [9.17, 15) is 4.79 Å². The molecule has 0 saturated carbocycles. The van der Waals surface area contributed by atoms with E-state index in [2.05, 4.69) is 43.0 Å². The Morgan fingerprint density at radius 2 is 1.50 bits per heavy atom. The van der Waals surface area contributed by atoms with Gasteiger partial charge in [-0.1, -0.05) is 62.4 Å². The van der Waals surface area contributed by atoms with Crippen molar-refractivity contribution in [3.8, 4) is 0 Å². The summed E-state index contributed by atoms with van der Waals surface area (Å²) in [6.45, 7) is 6.25. The number of benzene rings is 2. The van der Waals surface area contributed by atoms with Crippen molar-refractivity contribution in [3.63, 3.8) is 0 Å². The van der Waals surface area contributed by atoms with E-state index in [1.54, 1.807) is 11.8 Å². The Kier molecular flexibility index (Phi) is 5.62. The van der Waals surface area contributed by atoms with Crippen molar-refractivity contribution in [3.05, 3.63) is 66.2 Å². The fourth-order valence-corrected chi connectivity index (χ4v) is 4.66. The third-order valence-corrected chi connectivity index (χ3v) is 5.76. The summed E-state index contributed by atoms with van der Waals surface area (Å²) in [5.74, 6) is 1.40. The van der Waals surface area contributed by atoms with Crippen LogP contribution in [0.4, 0.5) is 0 Å². The number of thioether (sulfide) groups is 1. The van der Waals surface area contributed by atoms with Crippen LogP contribution in [0.15, 0.2) is 65.6 Å². The second-order valence-electron chi connectivity index (χ2n) is 6.91. The third kappa shape index (κ3) is 4.21. The van der Waals surface area contributed by atoms with E-state index in [1.807, 2.05) is 36.4 Å². The molecule has 0 spiro atoms. The number of piperidine rings is 1. The second-order valence-corrected chi connectivity index (χ2v) is 8.09. The van der Waals surface area contributed by atoms with Gasteiger partial charge < -0.3 is 4.90 Å². The molecule has 1 saturated heterocycles. The van der Waals surface area contributed by atoms with Gasteiger partial charge in [-0.15, -0.1) is 11.8 Å². The molecule has 1 aliphatic rings. The first-order valence-corrected chi connectivity index (χ1v) is 9.57. The van der Waals surface area contributed by atoms with Gasteiger partial charge in [-0.25, -0.2) is 0 Å². The quantitative estimate of drug-likeness (QED) is 0.729. The second kappa shape index (κ2) is 7.89. The summed E-state index contributed by atoms with van der Waals surface area (Å²) in [4.78, 5) is 16.5. The molecular weight excluding hydrogens is 314 g/mol. The summed E-state index contributed by atoms with van der Waals surface area (Å²) in [6, 6.07) is 20.4. The first-order chi connectivity index (χ1) is 11.6. The largest absolute Gasteiger partial charge is 0.341 e. The predicted molar refractivity (Wildman–Crippen MR) is 101 cm³/mol. The Morgan fingerprint density at radius 1 is 0.958 bits per heavy atom. The normalized spacial score (nSPS) is 22.2. The van der Waals surface area contributed by atoms with Crippen molar-refractivity contribution in [2.24, 2.45) is 11.8 Å². The third-order valence-electron chi connectivity index (χ3n) is 4.50. The molecule has 1 amide bonds. The maximum absolute atomic E-state index is 13.3. The van der Waals surface area contributed by atoms with Crippen molar-refractivity contribution in [1.29, 1.82) is 0 Å². The summed E-state index contributed by atoms with van der Waals surface area (Å²) in [7, 11) is 0. The van der Waals surface area contributed by atoms with Crippen LogP contribution >= 0.6 is 11.8 Å². The van der Waals surface area contributed by atoms with E-state index in [0.717, 1.165) is 23.5 Å². The zero-order valence-corrected chi connectivity index (χ0v) is 15.2. The van der Waals surface area contributed by atoms with Crippen LogP contribution in [-0.4, -0.2) is 23.9 Å². The number of amides is 1. The van der Waals surface area contributed by atoms with Crippen molar-refractivity contribution >= 4 is 17.7 Å². The number of rotatable bonds is 4. The molecule has 0 unspecified atom stereocenters. The molecule has 3 atom stereocenters. The van der Waals surface area contributed by atoms with E-state index >= 15 is 0 Å². The maximum Gasteiger partial charge on any atom is 0.240 e. The minimum atomic E-state index is -0.175. The van der Waals surface area contributed by atoms with Crippen LogP contribution in [-0.2, 0) is 4.79 Å². The molecule has 2 nitrogen and oxygen atoms in total. The van der Waals surface area contributed by atoms with Crippen molar-refractivity contribution < 1.29 is 4.79 Å². The zero-order valence-electron chi connectivity index (χ0n) is 14.4. The summed E-state index contributed by atoms with van der Waals surface area (Å²) >= 11 is 1.65. The first kappa shape index (κ1) is 17.1. The van der Waals surface area contributed by atoms with Gasteiger partial charge in [-0.2, -0.15) is 0 Å². The maximum atomic E-state index is 13.3. The van der Waals surface area contributed by atoms with Gasteiger partial charge >= 0.3 is 0 Å². The molecule has 126 valence electrons. The van der Waals surface area contributed by atoms with Gasteiger partial charge in [-0.3, -0.25) is 4.79 Å². The van der Waals surface area contributed by atoms with E-state index in [1.165, 1.54) is 6.42 Å². The highest BCUT2D eigenvalue weighted by Crippen LogP contribution is 2.37. The molecule has 3 heteroatoms. The standard InChI is InChI=1S/C21H25NOS/c1-16-13-17(2)15-22(14-16)21(23)20(18-9-5-3-6-10-18)24-19-11-7-4-8-12-19/h3-12,16-17,20H,13-15H2,1-2H3/t16-,17+,20-/m0/s1. The molecule has 3 rings (SSSR count). The Bertz CT molecular complexity index is 648. The average Bonchev–Trinajstić information content (AvgIpc) is 2.60. The van der Waals surface area contributed by atoms with Crippen LogP contribution in [0.25, 0.3) is 0 Å². The molecule has 24 heavy (non-hydrogen) atoms. The molecule has 0 aliphatic carbocycles. The molecule has 0 N–H and O–H groups in total. The monoisotopic (exact) mass is 339 g/mol. The minimum Gasteiger partial charge on any atom is -0.341 e. The highest BCUT2D eigenvalue weighted by atomic mass is 32.2. The number of carbonyl (C=O) groups excluding carboxylic acids is 1. The first-order valence-electron chi connectivity index (χ1n) is 8.69. The number of hydrogen-bond donors (Lipinski definition) is 0. The van der Waals surface area contributed by atoms with E-state index in [-0.39, 0.29) is 11.2 Å². The van der Waals surface area contributed by atoms with Gasteiger partial charge in [0.05, 0.1) is 0 Å². The van der Waals surface area contributed by atoms with E-state index < -0.39 is 0 Å².